The molecule has 0 bridgehead atoms. The Hall–Kier alpha value is -1.07. The van der Waals surface area contributed by atoms with Gasteiger partial charge in [0.1, 0.15) is 0 Å². The fraction of sp³-hybridized carbons (Fsp3) is 0.500. The van der Waals surface area contributed by atoms with Crippen LogP contribution in [0.3, 0.4) is 0 Å². The van der Waals surface area contributed by atoms with E-state index in [4.69, 9.17) is 5.73 Å². The molecule has 1 saturated heterocycles. The minimum Gasteiger partial charge on any atom is -0.324 e. The van der Waals surface area contributed by atoms with Crippen molar-refractivity contribution in [3.05, 3.63) is 29.8 Å². The average molecular weight is 254 g/mol. The average Bonchev–Trinajstić information content (AvgIpc) is 2.52. The second-order valence-electron chi connectivity index (χ2n) is 4.80. The van der Waals surface area contributed by atoms with Gasteiger partial charge < -0.3 is 5.73 Å². The molecule has 4 nitrogen and oxygen atoms in total. The van der Waals surface area contributed by atoms with Crippen LogP contribution in [0.4, 0.5) is 5.69 Å². The van der Waals surface area contributed by atoms with E-state index in [1.165, 1.54) is 4.31 Å². The number of anilines is 1. The Labute approximate surface area is 102 Å². The van der Waals surface area contributed by atoms with Crippen LogP contribution in [0.15, 0.2) is 24.3 Å². The molecule has 2 atom stereocenters. The summed E-state index contributed by atoms with van der Waals surface area (Å²) < 4.78 is 25.3. The van der Waals surface area contributed by atoms with E-state index in [1.54, 1.807) is 0 Å². The SMILES string of the molecule is C[C@H]1CN(c2ccc([C@H](C)N)cc2)S(=O)(=O)C1. The molecule has 1 aliphatic rings. The summed E-state index contributed by atoms with van der Waals surface area (Å²) in [7, 11) is -3.12. The highest BCUT2D eigenvalue weighted by molar-refractivity contribution is 7.93. The summed E-state index contributed by atoms with van der Waals surface area (Å²) in [6, 6.07) is 7.40. The van der Waals surface area contributed by atoms with E-state index in [-0.39, 0.29) is 17.7 Å². The molecule has 94 valence electrons. The number of rotatable bonds is 2. The van der Waals surface area contributed by atoms with Crippen molar-refractivity contribution in [1.29, 1.82) is 0 Å². The highest BCUT2D eigenvalue weighted by atomic mass is 32.2. The van der Waals surface area contributed by atoms with E-state index in [2.05, 4.69) is 0 Å². The Morgan fingerprint density at radius 1 is 1.35 bits per heavy atom. The second kappa shape index (κ2) is 4.31. The van der Waals surface area contributed by atoms with Gasteiger partial charge in [0.05, 0.1) is 11.4 Å². The number of sulfonamides is 1. The minimum atomic E-state index is -3.12. The maximum Gasteiger partial charge on any atom is 0.235 e. The standard InChI is InChI=1S/C12H18N2O2S/c1-9-7-14(17(15,16)8-9)12-5-3-11(4-6-12)10(2)13/h3-6,9-10H,7-8,13H2,1-2H3/t9-,10-/m0/s1. The molecule has 5 heteroatoms. The lowest BCUT2D eigenvalue weighted by Gasteiger charge is -2.17. The summed E-state index contributed by atoms with van der Waals surface area (Å²) in [4.78, 5) is 0. The third-order valence-electron chi connectivity index (χ3n) is 3.02. The zero-order chi connectivity index (χ0) is 12.6. The van der Waals surface area contributed by atoms with Gasteiger partial charge in [-0.2, -0.15) is 0 Å². The van der Waals surface area contributed by atoms with E-state index < -0.39 is 10.0 Å². The second-order valence-corrected chi connectivity index (χ2v) is 6.73. The van der Waals surface area contributed by atoms with Crippen molar-refractivity contribution in [2.24, 2.45) is 11.7 Å². The molecule has 1 heterocycles. The highest BCUT2D eigenvalue weighted by Crippen LogP contribution is 2.27. The molecule has 2 rings (SSSR count). The van der Waals surface area contributed by atoms with Crippen LogP contribution < -0.4 is 10.0 Å². The van der Waals surface area contributed by atoms with Gasteiger partial charge in [0, 0.05) is 12.6 Å². The summed E-state index contributed by atoms with van der Waals surface area (Å²) in [5.74, 6) is 0.426. The van der Waals surface area contributed by atoms with Gasteiger partial charge in [-0.3, -0.25) is 4.31 Å². The van der Waals surface area contributed by atoms with Crippen molar-refractivity contribution in [2.75, 3.05) is 16.6 Å². The molecule has 1 aromatic carbocycles. The van der Waals surface area contributed by atoms with Gasteiger partial charge in [-0.1, -0.05) is 19.1 Å². The molecule has 0 unspecified atom stereocenters. The van der Waals surface area contributed by atoms with Crippen molar-refractivity contribution in [2.45, 2.75) is 19.9 Å². The Balaban J connectivity index is 2.29. The Morgan fingerprint density at radius 3 is 2.35 bits per heavy atom. The van der Waals surface area contributed by atoms with Crippen LogP contribution in [0.5, 0.6) is 0 Å². The minimum absolute atomic E-state index is 0.0295. The van der Waals surface area contributed by atoms with Gasteiger partial charge in [-0.15, -0.1) is 0 Å². The molecule has 0 radical (unpaired) electrons. The van der Waals surface area contributed by atoms with Crippen LogP contribution in [0.1, 0.15) is 25.5 Å². The number of benzene rings is 1. The van der Waals surface area contributed by atoms with Crippen molar-refractivity contribution in [1.82, 2.24) is 0 Å². The molecule has 0 saturated carbocycles. The van der Waals surface area contributed by atoms with Gasteiger partial charge in [0.2, 0.25) is 10.0 Å². The van der Waals surface area contributed by atoms with Gasteiger partial charge in [-0.05, 0) is 30.5 Å². The lowest BCUT2D eigenvalue weighted by Crippen LogP contribution is -2.25. The van der Waals surface area contributed by atoms with E-state index >= 15 is 0 Å². The zero-order valence-electron chi connectivity index (χ0n) is 10.1. The van der Waals surface area contributed by atoms with Crippen LogP contribution in [0.25, 0.3) is 0 Å². The first-order valence-electron chi connectivity index (χ1n) is 5.76. The summed E-state index contributed by atoms with van der Waals surface area (Å²) >= 11 is 0. The number of hydrogen-bond acceptors (Lipinski definition) is 3. The number of nitrogens with two attached hydrogens (primary N) is 1. The Morgan fingerprint density at radius 2 is 1.94 bits per heavy atom. The number of nitrogens with zero attached hydrogens (tertiary/aromatic N) is 1. The zero-order valence-corrected chi connectivity index (χ0v) is 10.9. The third-order valence-corrected chi connectivity index (χ3v) is 5.04. The molecule has 2 N–H and O–H groups in total. The monoisotopic (exact) mass is 254 g/mol. The summed E-state index contributed by atoms with van der Waals surface area (Å²) in [6.45, 7) is 4.43. The lowest BCUT2D eigenvalue weighted by atomic mass is 10.1. The van der Waals surface area contributed by atoms with Crippen LogP contribution in [0, 0.1) is 5.92 Å². The van der Waals surface area contributed by atoms with Gasteiger partial charge in [0.15, 0.2) is 0 Å². The number of hydrogen-bond donors (Lipinski definition) is 1. The first-order valence-corrected chi connectivity index (χ1v) is 7.37. The molecule has 1 aliphatic heterocycles. The highest BCUT2D eigenvalue weighted by Gasteiger charge is 2.33. The summed E-state index contributed by atoms with van der Waals surface area (Å²) in [5, 5.41) is 0. The third kappa shape index (κ3) is 2.45. The van der Waals surface area contributed by atoms with Crippen molar-refractivity contribution in [3.8, 4) is 0 Å². The first kappa shape index (κ1) is 12.4. The van der Waals surface area contributed by atoms with Gasteiger partial charge in [0.25, 0.3) is 0 Å². The van der Waals surface area contributed by atoms with Gasteiger partial charge in [-0.25, -0.2) is 8.42 Å². The van der Waals surface area contributed by atoms with Crippen LogP contribution in [-0.2, 0) is 10.0 Å². The fourth-order valence-corrected chi connectivity index (χ4v) is 4.04. The van der Waals surface area contributed by atoms with E-state index in [0.717, 1.165) is 11.3 Å². The van der Waals surface area contributed by atoms with Gasteiger partial charge >= 0.3 is 0 Å². The molecule has 0 amide bonds. The maximum absolute atomic E-state index is 11.9. The molecule has 0 aliphatic carbocycles. The predicted molar refractivity (Wildman–Crippen MR) is 69.3 cm³/mol. The van der Waals surface area contributed by atoms with Crippen LogP contribution in [0.2, 0.25) is 0 Å². The Kier molecular flexibility index (Phi) is 3.14. The quantitative estimate of drug-likeness (QED) is 0.869. The normalized spacial score (nSPS) is 24.9. The van der Waals surface area contributed by atoms with Crippen LogP contribution >= 0.6 is 0 Å². The van der Waals surface area contributed by atoms with Crippen LogP contribution in [-0.4, -0.2) is 20.7 Å². The molecule has 1 aromatic rings. The molecular weight excluding hydrogens is 236 g/mol. The lowest BCUT2D eigenvalue weighted by molar-refractivity contribution is 0.598. The van der Waals surface area contributed by atoms with E-state index in [0.29, 0.717) is 6.54 Å². The molecular formula is C12H18N2O2S. The molecule has 1 fully saturated rings. The predicted octanol–water partition coefficient (Wildman–Crippen LogP) is 1.49. The molecule has 0 spiro atoms. The first-order chi connectivity index (χ1) is 7.90. The fourth-order valence-electron chi connectivity index (χ4n) is 2.11. The van der Waals surface area contributed by atoms with Crippen molar-refractivity contribution >= 4 is 15.7 Å². The topological polar surface area (TPSA) is 63.4 Å². The van der Waals surface area contributed by atoms with Crippen molar-refractivity contribution in [3.63, 3.8) is 0 Å². The van der Waals surface area contributed by atoms with Crippen molar-refractivity contribution < 1.29 is 8.42 Å². The largest absolute Gasteiger partial charge is 0.324 e. The maximum atomic E-state index is 11.9. The smallest absolute Gasteiger partial charge is 0.235 e. The summed E-state index contributed by atoms with van der Waals surface area (Å²) in [6.07, 6.45) is 0. The molecule has 17 heavy (non-hydrogen) atoms. The van der Waals surface area contributed by atoms with E-state index in [9.17, 15) is 8.42 Å². The van der Waals surface area contributed by atoms with E-state index in [1.807, 2.05) is 38.1 Å². The summed E-state index contributed by atoms with van der Waals surface area (Å²) in [5.41, 5.74) is 7.51. The molecule has 0 aromatic heterocycles. The Bertz CT molecular complexity index is 494.